The fourth-order valence-corrected chi connectivity index (χ4v) is 2.88. The van der Waals surface area contributed by atoms with E-state index in [4.69, 9.17) is 4.74 Å². The number of urea groups is 1. The molecule has 0 radical (unpaired) electrons. The van der Waals surface area contributed by atoms with Crippen LogP contribution in [0.1, 0.15) is 37.4 Å². The highest BCUT2D eigenvalue weighted by Gasteiger charge is 2.29. The summed E-state index contributed by atoms with van der Waals surface area (Å²) in [5.74, 6) is 0.531. The number of carbonyl (C=O) groups is 1. The van der Waals surface area contributed by atoms with E-state index in [9.17, 15) is 9.90 Å². The highest BCUT2D eigenvalue weighted by Crippen LogP contribution is 2.29. The van der Waals surface area contributed by atoms with Crippen molar-refractivity contribution in [3.8, 4) is 0 Å². The Kier molecular flexibility index (Phi) is 6.86. The van der Waals surface area contributed by atoms with Crippen molar-refractivity contribution in [2.75, 3.05) is 32.9 Å². The molecule has 0 saturated heterocycles. The standard InChI is InChI=1S/C18H28N2O3/c1-14(2)13-23-11-5-9-19-18(22)20-10-8-15-6-3-4-7-16(15)17(20)12-21/h3-4,6-7,14,17,21H,5,8-13H2,1-2H3,(H,19,22). The zero-order chi connectivity index (χ0) is 16.7. The summed E-state index contributed by atoms with van der Waals surface area (Å²) in [5, 5.41) is 12.6. The second-order valence-corrected chi connectivity index (χ2v) is 6.39. The van der Waals surface area contributed by atoms with E-state index in [0.29, 0.717) is 25.6 Å². The van der Waals surface area contributed by atoms with Crippen LogP contribution in [-0.2, 0) is 11.2 Å². The maximum Gasteiger partial charge on any atom is 0.318 e. The van der Waals surface area contributed by atoms with Crippen LogP contribution in [0.4, 0.5) is 4.79 Å². The van der Waals surface area contributed by atoms with Crippen molar-refractivity contribution in [1.29, 1.82) is 0 Å². The molecular formula is C18H28N2O3. The van der Waals surface area contributed by atoms with Crippen LogP contribution in [0.5, 0.6) is 0 Å². The fourth-order valence-electron chi connectivity index (χ4n) is 2.88. The van der Waals surface area contributed by atoms with Crippen molar-refractivity contribution in [1.82, 2.24) is 10.2 Å². The van der Waals surface area contributed by atoms with Crippen molar-refractivity contribution in [2.24, 2.45) is 5.92 Å². The number of aliphatic hydroxyl groups excluding tert-OH is 1. The van der Waals surface area contributed by atoms with Gasteiger partial charge in [-0.2, -0.15) is 0 Å². The molecule has 1 heterocycles. The van der Waals surface area contributed by atoms with E-state index in [1.165, 1.54) is 5.56 Å². The third kappa shape index (κ3) is 4.94. The Hall–Kier alpha value is -1.59. The Morgan fingerprint density at radius 3 is 2.96 bits per heavy atom. The molecule has 2 rings (SSSR count). The lowest BCUT2D eigenvalue weighted by Gasteiger charge is -2.36. The van der Waals surface area contributed by atoms with Crippen LogP contribution in [0.25, 0.3) is 0 Å². The first-order valence-electron chi connectivity index (χ1n) is 8.44. The lowest BCUT2D eigenvalue weighted by atomic mass is 9.93. The Morgan fingerprint density at radius 2 is 2.22 bits per heavy atom. The number of amides is 2. The van der Waals surface area contributed by atoms with Crippen molar-refractivity contribution in [3.05, 3.63) is 35.4 Å². The highest BCUT2D eigenvalue weighted by molar-refractivity contribution is 5.75. The lowest BCUT2D eigenvalue weighted by Crippen LogP contribution is -2.47. The summed E-state index contributed by atoms with van der Waals surface area (Å²) in [5.41, 5.74) is 2.27. The smallest absolute Gasteiger partial charge is 0.318 e. The van der Waals surface area contributed by atoms with Crippen molar-refractivity contribution >= 4 is 6.03 Å². The Labute approximate surface area is 138 Å². The molecule has 2 N–H and O–H groups in total. The zero-order valence-corrected chi connectivity index (χ0v) is 14.1. The van der Waals surface area contributed by atoms with Crippen LogP contribution in [0, 0.1) is 5.92 Å². The maximum atomic E-state index is 12.4. The average molecular weight is 320 g/mol. The van der Waals surface area contributed by atoms with Crippen molar-refractivity contribution in [3.63, 3.8) is 0 Å². The molecular weight excluding hydrogens is 292 g/mol. The largest absolute Gasteiger partial charge is 0.394 e. The molecule has 23 heavy (non-hydrogen) atoms. The first kappa shape index (κ1) is 17.8. The molecule has 1 aromatic rings. The second kappa shape index (κ2) is 8.89. The molecule has 0 aliphatic carbocycles. The number of hydrogen-bond acceptors (Lipinski definition) is 3. The Balaban J connectivity index is 1.81. The molecule has 0 bridgehead atoms. The van der Waals surface area contributed by atoms with Gasteiger partial charge >= 0.3 is 6.03 Å². The summed E-state index contributed by atoms with van der Waals surface area (Å²) < 4.78 is 5.51. The molecule has 5 heteroatoms. The van der Waals surface area contributed by atoms with Gasteiger partial charge in [-0.25, -0.2) is 4.79 Å². The average Bonchev–Trinajstić information content (AvgIpc) is 2.56. The summed E-state index contributed by atoms with van der Waals surface area (Å²) in [4.78, 5) is 14.1. The van der Waals surface area contributed by atoms with Gasteiger partial charge in [0.2, 0.25) is 0 Å². The van der Waals surface area contributed by atoms with Gasteiger partial charge in [-0.05, 0) is 29.9 Å². The van der Waals surface area contributed by atoms with E-state index in [0.717, 1.165) is 25.0 Å². The molecule has 1 atom stereocenters. The van der Waals surface area contributed by atoms with Crippen molar-refractivity contribution in [2.45, 2.75) is 32.7 Å². The number of rotatable bonds is 7. The number of nitrogens with one attached hydrogen (secondary N) is 1. The topological polar surface area (TPSA) is 61.8 Å². The fraction of sp³-hybridized carbons (Fsp3) is 0.611. The number of ether oxygens (including phenoxy) is 1. The van der Waals surface area contributed by atoms with Crippen LogP contribution < -0.4 is 5.32 Å². The SMILES string of the molecule is CC(C)COCCCNC(=O)N1CCc2ccccc2C1CO. The van der Waals surface area contributed by atoms with Crippen LogP contribution in [0.3, 0.4) is 0 Å². The van der Waals surface area contributed by atoms with E-state index in [1.54, 1.807) is 4.90 Å². The minimum atomic E-state index is -0.253. The van der Waals surface area contributed by atoms with Crippen LogP contribution in [0.15, 0.2) is 24.3 Å². The van der Waals surface area contributed by atoms with Gasteiger partial charge in [0.15, 0.2) is 0 Å². The first-order chi connectivity index (χ1) is 11.1. The van der Waals surface area contributed by atoms with Gasteiger partial charge in [-0.1, -0.05) is 38.1 Å². The number of carbonyl (C=O) groups excluding carboxylic acids is 1. The number of aliphatic hydroxyl groups is 1. The molecule has 0 saturated carbocycles. The Morgan fingerprint density at radius 1 is 1.43 bits per heavy atom. The van der Waals surface area contributed by atoms with E-state index < -0.39 is 0 Å². The number of hydrogen-bond donors (Lipinski definition) is 2. The predicted molar refractivity (Wildman–Crippen MR) is 90.4 cm³/mol. The maximum absolute atomic E-state index is 12.4. The summed E-state index contributed by atoms with van der Waals surface area (Å²) >= 11 is 0. The van der Waals surface area contributed by atoms with Gasteiger partial charge in [-0.3, -0.25) is 0 Å². The van der Waals surface area contributed by atoms with E-state index in [2.05, 4.69) is 25.2 Å². The van der Waals surface area contributed by atoms with Crippen LogP contribution in [0.2, 0.25) is 0 Å². The molecule has 2 amide bonds. The van der Waals surface area contributed by atoms with E-state index in [1.807, 2.05) is 18.2 Å². The molecule has 1 unspecified atom stereocenters. The monoisotopic (exact) mass is 320 g/mol. The quantitative estimate of drug-likeness (QED) is 0.758. The molecule has 1 aliphatic rings. The summed E-state index contributed by atoms with van der Waals surface area (Å²) in [6, 6.07) is 7.66. The second-order valence-electron chi connectivity index (χ2n) is 6.39. The van der Waals surface area contributed by atoms with Crippen molar-refractivity contribution < 1.29 is 14.6 Å². The van der Waals surface area contributed by atoms with Gasteiger partial charge in [-0.15, -0.1) is 0 Å². The van der Waals surface area contributed by atoms with Gasteiger partial charge < -0.3 is 20.1 Å². The molecule has 0 fully saturated rings. The lowest BCUT2D eigenvalue weighted by molar-refractivity contribution is 0.106. The van der Waals surface area contributed by atoms with Gasteiger partial charge in [0.1, 0.15) is 0 Å². The number of nitrogens with zero attached hydrogens (tertiary/aromatic N) is 1. The normalized spacial score (nSPS) is 17.2. The highest BCUT2D eigenvalue weighted by atomic mass is 16.5. The summed E-state index contributed by atoms with van der Waals surface area (Å²) in [6.45, 7) is 6.82. The summed E-state index contributed by atoms with van der Waals surface area (Å²) in [6.07, 6.45) is 1.63. The first-order valence-corrected chi connectivity index (χ1v) is 8.44. The predicted octanol–water partition coefficient (Wildman–Crippen LogP) is 2.35. The molecule has 128 valence electrons. The third-order valence-electron chi connectivity index (χ3n) is 4.04. The number of fused-ring (bicyclic) bond motifs is 1. The minimum absolute atomic E-state index is 0.0536. The molecule has 1 aliphatic heterocycles. The van der Waals surface area contributed by atoms with Crippen LogP contribution in [-0.4, -0.2) is 48.9 Å². The minimum Gasteiger partial charge on any atom is -0.394 e. The van der Waals surface area contributed by atoms with Gasteiger partial charge in [0, 0.05) is 26.3 Å². The number of benzene rings is 1. The van der Waals surface area contributed by atoms with E-state index in [-0.39, 0.29) is 18.7 Å². The van der Waals surface area contributed by atoms with Gasteiger partial charge in [0.25, 0.3) is 0 Å². The van der Waals surface area contributed by atoms with Crippen LogP contribution >= 0.6 is 0 Å². The molecule has 0 spiro atoms. The summed E-state index contributed by atoms with van der Waals surface area (Å²) in [7, 11) is 0. The molecule has 0 aromatic heterocycles. The third-order valence-corrected chi connectivity index (χ3v) is 4.04. The van der Waals surface area contributed by atoms with Gasteiger partial charge in [0.05, 0.1) is 12.6 Å². The zero-order valence-electron chi connectivity index (χ0n) is 14.1. The molecule has 5 nitrogen and oxygen atoms in total. The Bertz CT molecular complexity index is 505. The van der Waals surface area contributed by atoms with E-state index >= 15 is 0 Å². The molecule has 1 aromatic carbocycles.